The second-order valence-electron chi connectivity index (χ2n) is 4.18. The smallest absolute Gasteiger partial charge is 0.257 e. The molecule has 0 bridgehead atoms. The summed E-state index contributed by atoms with van der Waals surface area (Å²) in [5.41, 5.74) is 8.05. The van der Waals surface area contributed by atoms with Gasteiger partial charge in [-0.15, -0.1) is 0 Å². The lowest BCUT2D eigenvalue weighted by molar-refractivity contribution is 0.102. The Bertz CT molecular complexity index is 641. The lowest BCUT2D eigenvalue weighted by Gasteiger charge is -2.10. The first-order valence-corrected chi connectivity index (χ1v) is 6.42. The van der Waals surface area contributed by atoms with Gasteiger partial charge in [0, 0.05) is 15.8 Å². The summed E-state index contributed by atoms with van der Waals surface area (Å²) in [6, 6.07) is 9.85. The number of hydrogen-bond acceptors (Lipinski definition) is 3. The quantitative estimate of drug-likeness (QED) is 0.587. The van der Waals surface area contributed by atoms with E-state index in [0.717, 1.165) is 10.0 Å². The van der Waals surface area contributed by atoms with Gasteiger partial charge in [0.05, 0.1) is 5.56 Å². The lowest BCUT2D eigenvalue weighted by atomic mass is 10.1. The molecule has 0 heterocycles. The summed E-state index contributed by atoms with van der Waals surface area (Å²) in [6.07, 6.45) is 0. The van der Waals surface area contributed by atoms with Gasteiger partial charge in [-0.2, -0.15) is 0 Å². The molecule has 0 aliphatic heterocycles. The maximum absolute atomic E-state index is 12.1. The fourth-order valence-electron chi connectivity index (χ4n) is 1.72. The van der Waals surface area contributed by atoms with Crippen molar-refractivity contribution in [1.29, 1.82) is 0 Å². The highest BCUT2D eigenvalue weighted by molar-refractivity contribution is 9.10. The van der Waals surface area contributed by atoms with Crippen molar-refractivity contribution in [1.82, 2.24) is 0 Å². The highest BCUT2D eigenvalue weighted by atomic mass is 79.9. The number of aryl methyl sites for hydroxylation is 1. The van der Waals surface area contributed by atoms with E-state index in [1.54, 1.807) is 37.3 Å². The number of carbonyl (C=O) groups excluding carboxylic acids is 1. The van der Waals surface area contributed by atoms with Crippen molar-refractivity contribution >= 4 is 33.2 Å². The van der Waals surface area contributed by atoms with Crippen LogP contribution in [0.25, 0.3) is 0 Å². The molecular weight excluding hydrogens is 308 g/mol. The van der Waals surface area contributed by atoms with Crippen LogP contribution >= 0.6 is 15.9 Å². The largest absolute Gasteiger partial charge is 0.508 e. The first kappa shape index (κ1) is 13.4. The number of aromatic hydroxyl groups is 1. The van der Waals surface area contributed by atoms with Crippen LogP contribution in [-0.4, -0.2) is 11.0 Å². The number of hydrogen-bond donors (Lipinski definition) is 3. The molecule has 98 valence electrons. The van der Waals surface area contributed by atoms with E-state index in [2.05, 4.69) is 21.2 Å². The third kappa shape index (κ3) is 3.06. The molecule has 4 nitrogen and oxygen atoms in total. The number of halogens is 1. The lowest BCUT2D eigenvalue weighted by Crippen LogP contribution is -2.14. The average molecular weight is 321 g/mol. The van der Waals surface area contributed by atoms with Crippen LogP contribution in [0.3, 0.4) is 0 Å². The van der Waals surface area contributed by atoms with Gasteiger partial charge in [-0.1, -0.05) is 15.9 Å². The number of amides is 1. The Labute approximate surface area is 119 Å². The third-order valence-electron chi connectivity index (χ3n) is 2.72. The van der Waals surface area contributed by atoms with Crippen LogP contribution in [0.5, 0.6) is 5.75 Å². The van der Waals surface area contributed by atoms with Crippen LogP contribution in [0.15, 0.2) is 40.9 Å². The van der Waals surface area contributed by atoms with E-state index in [-0.39, 0.29) is 11.7 Å². The second-order valence-corrected chi connectivity index (χ2v) is 5.10. The predicted molar refractivity (Wildman–Crippen MR) is 79.4 cm³/mol. The Kier molecular flexibility index (Phi) is 3.76. The number of rotatable bonds is 2. The molecule has 2 rings (SSSR count). The number of anilines is 2. The molecule has 19 heavy (non-hydrogen) atoms. The summed E-state index contributed by atoms with van der Waals surface area (Å²) in [7, 11) is 0. The van der Waals surface area contributed by atoms with Crippen LogP contribution in [0.2, 0.25) is 0 Å². The van der Waals surface area contributed by atoms with Crippen molar-refractivity contribution in [3.05, 3.63) is 52.0 Å². The van der Waals surface area contributed by atoms with Crippen molar-refractivity contribution in [2.45, 2.75) is 6.92 Å². The van der Waals surface area contributed by atoms with Crippen LogP contribution in [0.4, 0.5) is 11.4 Å². The van der Waals surface area contributed by atoms with Gasteiger partial charge in [-0.05, 0) is 48.9 Å². The standard InChI is InChI=1S/C14H13BrN2O2/c1-8-6-10(18)3-5-13(8)17-14(19)11-4-2-9(15)7-12(11)16/h2-7,18H,16H2,1H3,(H,17,19). The molecule has 2 aromatic carbocycles. The summed E-state index contributed by atoms with van der Waals surface area (Å²) in [4.78, 5) is 12.1. The van der Waals surface area contributed by atoms with E-state index in [1.807, 2.05) is 0 Å². The molecule has 0 unspecified atom stereocenters. The van der Waals surface area contributed by atoms with E-state index in [1.165, 1.54) is 6.07 Å². The fourth-order valence-corrected chi connectivity index (χ4v) is 2.10. The molecule has 0 aliphatic rings. The van der Waals surface area contributed by atoms with Crippen molar-refractivity contribution in [3.63, 3.8) is 0 Å². The van der Waals surface area contributed by atoms with Gasteiger partial charge in [0.25, 0.3) is 5.91 Å². The molecule has 0 fully saturated rings. The fraction of sp³-hybridized carbons (Fsp3) is 0.0714. The number of phenolic OH excluding ortho intramolecular Hbond substituents is 1. The zero-order valence-electron chi connectivity index (χ0n) is 10.3. The third-order valence-corrected chi connectivity index (χ3v) is 3.21. The predicted octanol–water partition coefficient (Wildman–Crippen LogP) is 3.30. The number of benzene rings is 2. The van der Waals surface area contributed by atoms with Crippen LogP contribution < -0.4 is 11.1 Å². The molecule has 0 spiro atoms. The van der Waals surface area contributed by atoms with E-state index >= 15 is 0 Å². The summed E-state index contributed by atoms with van der Waals surface area (Å²) >= 11 is 3.29. The summed E-state index contributed by atoms with van der Waals surface area (Å²) in [6.45, 7) is 1.81. The van der Waals surface area contributed by atoms with Gasteiger partial charge in [0.2, 0.25) is 0 Å². The molecule has 0 atom stereocenters. The molecule has 0 aromatic heterocycles. The summed E-state index contributed by atoms with van der Waals surface area (Å²) in [5, 5.41) is 12.1. The highest BCUT2D eigenvalue weighted by Gasteiger charge is 2.11. The van der Waals surface area contributed by atoms with Crippen molar-refractivity contribution in [2.24, 2.45) is 0 Å². The monoisotopic (exact) mass is 320 g/mol. The van der Waals surface area contributed by atoms with Gasteiger partial charge >= 0.3 is 0 Å². The maximum Gasteiger partial charge on any atom is 0.257 e. The Balaban J connectivity index is 2.25. The molecule has 0 saturated heterocycles. The molecule has 2 aromatic rings. The van der Waals surface area contributed by atoms with Gasteiger partial charge in [-0.3, -0.25) is 4.79 Å². The number of phenols is 1. The second kappa shape index (κ2) is 5.32. The Hall–Kier alpha value is -2.01. The topological polar surface area (TPSA) is 75.3 Å². The molecular formula is C14H13BrN2O2. The van der Waals surface area contributed by atoms with E-state index in [0.29, 0.717) is 16.9 Å². The SMILES string of the molecule is Cc1cc(O)ccc1NC(=O)c1ccc(Br)cc1N. The summed E-state index contributed by atoms with van der Waals surface area (Å²) in [5.74, 6) is -0.113. The molecule has 0 aliphatic carbocycles. The minimum Gasteiger partial charge on any atom is -0.508 e. The zero-order valence-corrected chi connectivity index (χ0v) is 11.9. The zero-order chi connectivity index (χ0) is 14.0. The minimum absolute atomic E-state index is 0.165. The number of nitrogens with two attached hydrogens (primary N) is 1. The molecule has 4 N–H and O–H groups in total. The maximum atomic E-state index is 12.1. The van der Waals surface area contributed by atoms with Gasteiger partial charge < -0.3 is 16.2 Å². The molecule has 1 amide bonds. The van der Waals surface area contributed by atoms with Crippen molar-refractivity contribution in [2.75, 3.05) is 11.1 Å². The minimum atomic E-state index is -0.279. The van der Waals surface area contributed by atoms with Crippen LogP contribution in [0.1, 0.15) is 15.9 Å². The normalized spacial score (nSPS) is 10.2. The number of nitrogens with one attached hydrogen (secondary N) is 1. The number of nitrogen functional groups attached to an aromatic ring is 1. The highest BCUT2D eigenvalue weighted by Crippen LogP contribution is 2.23. The van der Waals surface area contributed by atoms with Gasteiger partial charge in [0.1, 0.15) is 5.75 Å². The Morgan fingerprint density at radius 3 is 2.63 bits per heavy atom. The van der Waals surface area contributed by atoms with E-state index < -0.39 is 0 Å². The van der Waals surface area contributed by atoms with Crippen molar-refractivity contribution < 1.29 is 9.90 Å². The Morgan fingerprint density at radius 1 is 1.26 bits per heavy atom. The molecule has 5 heteroatoms. The molecule has 0 radical (unpaired) electrons. The molecule has 0 saturated carbocycles. The van der Waals surface area contributed by atoms with Crippen LogP contribution in [0, 0.1) is 6.92 Å². The Morgan fingerprint density at radius 2 is 2.00 bits per heavy atom. The first-order valence-electron chi connectivity index (χ1n) is 5.63. The van der Waals surface area contributed by atoms with Gasteiger partial charge in [0.15, 0.2) is 0 Å². The van der Waals surface area contributed by atoms with Crippen LogP contribution in [-0.2, 0) is 0 Å². The average Bonchev–Trinajstić information content (AvgIpc) is 2.32. The van der Waals surface area contributed by atoms with E-state index in [4.69, 9.17) is 5.73 Å². The van der Waals surface area contributed by atoms with E-state index in [9.17, 15) is 9.90 Å². The van der Waals surface area contributed by atoms with Crippen molar-refractivity contribution in [3.8, 4) is 5.75 Å². The van der Waals surface area contributed by atoms with Gasteiger partial charge in [-0.25, -0.2) is 0 Å². The first-order chi connectivity index (χ1) is 8.97. The summed E-state index contributed by atoms with van der Waals surface area (Å²) < 4.78 is 0.822. The number of carbonyl (C=O) groups is 1.